The second-order valence-corrected chi connectivity index (χ2v) is 3.48. The molecule has 0 saturated heterocycles. The molecular weight excluding hydrogens is 98.1 g/mol. The van der Waals surface area contributed by atoms with Crippen molar-refractivity contribution in [3.05, 3.63) is 0 Å². The summed E-state index contributed by atoms with van der Waals surface area (Å²) in [6.45, 7) is 2.33. The topological polar surface area (TPSA) is 26.0 Å². The van der Waals surface area contributed by atoms with Crippen LogP contribution in [-0.4, -0.2) is 6.04 Å². The minimum atomic E-state index is 0.603. The molecule has 0 aromatic rings. The van der Waals surface area contributed by atoms with E-state index in [1.54, 1.807) is 0 Å². The zero-order chi connectivity index (χ0) is 5.72. The van der Waals surface area contributed by atoms with Crippen LogP contribution < -0.4 is 5.73 Å². The summed E-state index contributed by atoms with van der Waals surface area (Å²) in [5, 5.41) is 0. The molecule has 2 aliphatic rings. The van der Waals surface area contributed by atoms with Gasteiger partial charge in [-0.25, -0.2) is 0 Å². The van der Waals surface area contributed by atoms with Crippen molar-refractivity contribution in [1.29, 1.82) is 0 Å². The van der Waals surface area contributed by atoms with Gasteiger partial charge < -0.3 is 5.73 Å². The minimum absolute atomic E-state index is 0.603. The van der Waals surface area contributed by atoms with Crippen LogP contribution in [0.25, 0.3) is 0 Å². The molecular formula is C7H13N. The summed E-state index contributed by atoms with van der Waals surface area (Å²) >= 11 is 0. The lowest BCUT2D eigenvalue weighted by Gasteiger charge is -2.02. The molecule has 0 aromatic heterocycles. The van der Waals surface area contributed by atoms with E-state index in [9.17, 15) is 0 Å². The van der Waals surface area contributed by atoms with Crippen molar-refractivity contribution in [2.24, 2.45) is 23.5 Å². The molecule has 0 aromatic carbocycles. The van der Waals surface area contributed by atoms with Crippen LogP contribution in [0.1, 0.15) is 19.8 Å². The maximum atomic E-state index is 5.73. The van der Waals surface area contributed by atoms with Gasteiger partial charge in [0.1, 0.15) is 0 Å². The summed E-state index contributed by atoms with van der Waals surface area (Å²) < 4.78 is 0. The van der Waals surface area contributed by atoms with E-state index in [2.05, 4.69) is 6.92 Å². The Morgan fingerprint density at radius 1 is 1.25 bits per heavy atom. The lowest BCUT2D eigenvalue weighted by Crippen LogP contribution is -2.09. The summed E-state index contributed by atoms with van der Waals surface area (Å²) in [5.74, 6) is 2.85. The van der Waals surface area contributed by atoms with Crippen molar-refractivity contribution < 1.29 is 0 Å². The molecule has 0 spiro atoms. The smallest absolute Gasteiger partial charge is 0.0102 e. The highest BCUT2D eigenvalue weighted by atomic mass is 14.8. The second kappa shape index (κ2) is 1.27. The fourth-order valence-corrected chi connectivity index (χ4v) is 2.16. The van der Waals surface area contributed by atoms with Crippen molar-refractivity contribution in [3.63, 3.8) is 0 Å². The van der Waals surface area contributed by atoms with Gasteiger partial charge in [0.05, 0.1) is 0 Å². The molecule has 2 saturated carbocycles. The maximum absolute atomic E-state index is 5.73. The van der Waals surface area contributed by atoms with E-state index in [1.165, 1.54) is 12.8 Å². The van der Waals surface area contributed by atoms with Crippen LogP contribution in [0.15, 0.2) is 0 Å². The first-order valence-corrected chi connectivity index (χ1v) is 3.54. The van der Waals surface area contributed by atoms with Gasteiger partial charge in [0, 0.05) is 6.04 Å². The Hall–Kier alpha value is -0.0400. The third-order valence-corrected chi connectivity index (χ3v) is 2.75. The average molecular weight is 111 g/mol. The first-order chi connectivity index (χ1) is 3.79. The zero-order valence-corrected chi connectivity index (χ0v) is 5.30. The Balaban J connectivity index is 2.00. The lowest BCUT2D eigenvalue weighted by atomic mass is 10.1. The molecule has 2 aliphatic carbocycles. The standard InChI is InChI=1S/C7H13N/c1-4-2-5-6(3-4)7(5)8/h4-7H,2-3,8H2,1H3/t4?,5-,6+,7+. The molecule has 8 heavy (non-hydrogen) atoms. The SMILES string of the molecule is CC1C[C@@H]2[C@@H](N)[C@@H]2C1. The number of hydrogen-bond acceptors (Lipinski definition) is 1. The molecule has 4 atom stereocenters. The minimum Gasteiger partial charge on any atom is -0.327 e. The van der Waals surface area contributed by atoms with Crippen LogP contribution in [-0.2, 0) is 0 Å². The Bertz CT molecular complexity index is 99.0. The van der Waals surface area contributed by atoms with Gasteiger partial charge >= 0.3 is 0 Å². The number of hydrogen-bond donors (Lipinski definition) is 1. The van der Waals surface area contributed by atoms with E-state index in [4.69, 9.17) is 5.73 Å². The summed E-state index contributed by atoms with van der Waals surface area (Å²) in [6.07, 6.45) is 2.82. The van der Waals surface area contributed by atoms with Crippen LogP contribution in [0, 0.1) is 17.8 Å². The molecule has 0 aliphatic heterocycles. The Kier molecular flexibility index (Phi) is 0.762. The number of nitrogens with two attached hydrogens (primary N) is 1. The van der Waals surface area contributed by atoms with Crippen LogP contribution in [0.3, 0.4) is 0 Å². The third-order valence-electron chi connectivity index (χ3n) is 2.75. The van der Waals surface area contributed by atoms with Crippen LogP contribution in [0.4, 0.5) is 0 Å². The van der Waals surface area contributed by atoms with Gasteiger partial charge in [-0.1, -0.05) is 6.92 Å². The molecule has 2 fully saturated rings. The van der Waals surface area contributed by atoms with Gasteiger partial charge in [0.15, 0.2) is 0 Å². The fraction of sp³-hybridized carbons (Fsp3) is 1.00. The molecule has 2 rings (SSSR count). The monoisotopic (exact) mass is 111 g/mol. The molecule has 0 amide bonds. The summed E-state index contributed by atoms with van der Waals surface area (Å²) in [5.41, 5.74) is 5.73. The van der Waals surface area contributed by atoms with E-state index in [1.807, 2.05) is 0 Å². The first-order valence-electron chi connectivity index (χ1n) is 3.54. The highest BCUT2D eigenvalue weighted by Gasteiger charge is 2.52. The van der Waals surface area contributed by atoms with Crippen LogP contribution in [0.5, 0.6) is 0 Å². The van der Waals surface area contributed by atoms with Crippen LogP contribution >= 0.6 is 0 Å². The van der Waals surface area contributed by atoms with Crippen LogP contribution in [0.2, 0.25) is 0 Å². The van der Waals surface area contributed by atoms with E-state index in [-0.39, 0.29) is 0 Å². The summed E-state index contributed by atoms with van der Waals surface area (Å²) in [6, 6.07) is 0.603. The van der Waals surface area contributed by atoms with Crippen molar-refractivity contribution in [2.75, 3.05) is 0 Å². The van der Waals surface area contributed by atoms with Gasteiger partial charge in [0.2, 0.25) is 0 Å². The predicted molar refractivity (Wildman–Crippen MR) is 33.4 cm³/mol. The number of rotatable bonds is 0. The molecule has 46 valence electrons. The maximum Gasteiger partial charge on any atom is 0.0102 e. The molecule has 0 radical (unpaired) electrons. The fourth-order valence-electron chi connectivity index (χ4n) is 2.16. The molecule has 0 heterocycles. The molecule has 1 nitrogen and oxygen atoms in total. The predicted octanol–water partition coefficient (Wildman–Crippen LogP) is 0.990. The van der Waals surface area contributed by atoms with Crippen molar-refractivity contribution >= 4 is 0 Å². The Labute approximate surface area is 50.3 Å². The van der Waals surface area contributed by atoms with Crippen molar-refractivity contribution in [1.82, 2.24) is 0 Å². The molecule has 1 heteroatoms. The van der Waals surface area contributed by atoms with E-state index < -0.39 is 0 Å². The lowest BCUT2D eigenvalue weighted by molar-refractivity contribution is 0.511. The first kappa shape index (κ1) is 4.80. The number of fused-ring (bicyclic) bond motifs is 1. The van der Waals surface area contributed by atoms with E-state index in [0.717, 1.165) is 17.8 Å². The molecule has 1 unspecified atom stereocenters. The van der Waals surface area contributed by atoms with Gasteiger partial charge in [-0.3, -0.25) is 0 Å². The van der Waals surface area contributed by atoms with Gasteiger partial charge in [0.25, 0.3) is 0 Å². The molecule has 2 N–H and O–H groups in total. The Morgan fingerprint density at radius 2 is 1.75 bits per heavy atom. The average Bonchev–Trinajstić information content (AvgIpc) is 2.29. The van der Waals surface area contributed by atoms with Gasteiger partial charge in [-0.15, -0.1) is 0 Å². The van der Waals surface area contributed by atoms with Gasteiger partial charge in [-0.05, 0) is 30.6 Å². The Morgan fingerprint density at radius 3 is 2.12 bits per heavy atom. The quantitative estimate of drug-likeness (QED) is 0.495. The van der Waals surface area contributed by atoms with E-state index >= 15 is 0 Å². The van der Waals surface area contributed by atoms with Gasteiger partial charge in [-0.2, -0.15) is 0 Å². The molecule has 0 bridgehead atoms. The third kappa shape index (κ3) is 0.455. The van der Waals surface area contributed by atoms with Crippen molar-refractivity contribution in [3.8, 4) is 0 Å². The van der Waals surface area contributed by atoms with Crippen molar-refractivity contribution in [2.45, 2.75) is 25.8 Å². The normalized spacial score (nSPS) is 60.8. The van der Waals surface area contributed by atoms with E-state index in [0.29, 0.717) is 6.04 Å². The highest BCUT2D eigenvalue weighted by molar-refractivity contribution is 5.06. The summed E-state index contributed by atoms with van der Waals surface area (Å²) in [7, 11) is 0. The zero-order valence-electron chi connectivity index (χ0n) is 5.30. The highest BCUT2D eigenvalue weighted by Crippen LogP contribution is 2.52. The summed E-state index contributed by atoms with van der Waals surface area (Å²) in [4.78, 5) is 0. The largest absolute Gasteiger partial charge is 0.327 e. The second-order valence-electron chi connectivity index (χ2n) is 3.48.